The third-order valence-electron chi connectivity index (χ3n) is 4.28. The molecule has 0 aliphatic carbocycles. The van der Waals surface area contributed by atoms with Gasteiger partial charge in [0.05, 0.1) is 6.26 Å². The topological polar surface area (TPSA) is 81.8 Å². The third kappa shape index (κ3) is 7.41. The molecule has 2 N–H and O–H groups in total. The molecule has 1 aromatic rings. The van der Waals surface area contributed by atoms with Gasteiger partial charge in [-0.05, 0) is 18.4 Å². The first-order valence-electron chi connectivity index (χ1n) is 8.68. The van der Waals surface area contributed by atoms with E-state index in [1.54, 1.807) is 0 Å². The van der Waals surface area contributed by atoms with Crippen LogP contribution in [0.15, 0.2) is 30.3 Å². The van der Waals surface area contributed by atoms with E-state index >= 15 is 0 Å². The van der Waals surface area contributed by atoms with Crippen molar-refractivity contribution in [2.75, 3.05) is 52.1 Å². The van der Waals surface area contributed by atoms with Crippen molar-refractivity contribution >= 4 is 16.1 Å². The number of amides is 2. The smallest absolute Gasteiger partial charge is 0.314 e. The lowest BCUT2D eigenvalue weighted by molar-refractivity contribution is 0.188. The molecule has 1 fully saturated rings. The number of nitrogens with one attached hydrogen (secondary N) is 2. The van der Waals surface area contributed by atoms with Crippen LogP contribution >= 0.6 is 0 Å². The Morgan fingerprint density at radius 2 is 1.68 bits per heavy atom. The van der Waals surface area contributed by atoms with Crippen molar-refractivity contribution in [3.63, 3.8) is 0 Å². The second-order valence-electron chi connectivity index (χ2n) is 6.28. The van der Waals surface area contributed by atoms with E-state index in [0.29, 0.717) is 39.3 Å². The SMILES string of the molecule is CS(=O)(=O)N1CCN(CCNC(=O)NCCCc2ccccc2)CC1. The molecule has 2 rings (SSSR count). The molecule has 0 unspecified atom stereocenters. The Morgan fingerprint density at radius 3 is 2.32 bits per heavy atom. The fourth-order valence-electron chi connectivity index (χ4n) is 2.81. The van der Waals surface area contributed by atoms with Crippen molar-refractivity contribution in [1.82, 2.24) is 19.8 Å². The van der Waals surface area contributed by atoms with Gasteiger partial charge < -0.3 is 10.6 Å². The van der Waals surface area contributed by atoms with Gasteiger partial charge in [-0.3, -0.25) is 4.90 Å². The van der Waals surface area contributed by atoms with Crippen LogP contribution in [0, 0.1) is 0 Å². The minimum absolute atomic E-state index is 0.150. The lowest BCUT2D eigenvalue weighted by Gasteiger charge is -2.33. The van der Waals surface area contributed by atoms with Crippen molar-refractivity contribution < 1.29 is 13.2 Å². The molecule has 1 aliphatic heterocycles. The maximum Gasteiger partial charge on any atom is 0.314 e. The van der Waals surface area contributed by atoms with Crippen LogP contribution in [0.2, 0.25) is 0 Å². The van der Waals surface area contributed by atoms with E-state index in [1.807, 2.05) is 18.2 Å². The zero-order valence-electron chi connectivity index (χ0n) is 14.8. The Morgan fingerprint density at radius 1 is 1.04 bits per heavy atom. The second-order valence-corrected chi connectivity index (χ2v) is 8.26. The van der Waals surface area contributed by atoms with E-state index in [-0.39, 0.29) is 6.03 Å². The number of carbonyl (C=O) groups excluding carboxylic acids is 1. The molecule has 1 aromatic carbocycles. The van der Waals surface area contributed by atoms with E-state index in [4.69, 9.17) is 0 Å². The quantitative estimate of drug-likeness (QED) is 0.655. The molecule has 25 heavy (non-hydrogen) atoms. The molecule has 1 heterocycles. The molecule has 0 atom stereocenters. The summed E-state index contributed by atoms with van der Waals surface area (Å²) in [5.74, 6) is 0. The molecule has 2 amide bonds. The highest BCUT2D eigenvalue weighted by Crippen LogP contribution is 2.05. The largest absolute Gasteiger partial charge is 0.338 e. The van der Waals surface area contributed by atoms with E-state index < -0.39 is 10.0 Å². The average molecular weight is 369 g/mol. The van der Waals surface area contributed by atoms with Crippen molar-refractivity contribution in [2.45, 2.75) is 12.8 Å². The number of piperazine rings is 1. The number of carbonyl (C=O) groups is 1. The summed E-state index contributed by atoms with van der Waals surface area (Å²) in [6.07, 6.45) is 3.10. The normalized spacial score (nSPS) is 16.5. The minimum Gasteiger partial charge on any atom is -0.338 e. The summed E-state index contributed by atoms with van der Waals surface area (Å²) in [7, 11) is -3.09. The summed E-state index contributed by atoms with van der Waals surface area (Å²) in [6.45, 7) is 4.38. The lowest BCUT2D eigenvalue weighted by Crippen LogP contribution is -2.50. The van der Waals surface area contributed by atoms with Crippen molar-refractivity contribution in [1.29, 1.82) is 0 Å². The zero-order chi connectivity index (χ0) is 18.1. The van der Waals surface area contributed by atoms with E-state index in [1.165, 1.54) is 16.1 Å². The number of benzene rings is 1. The summed E-state index contributed by atoms with van der Waals surface area (Å²) in [4.78, 5) is 13.9. The second kappa shape index (κ2) is 9.74. The van der Waals surface area contributed by atoms with Gasteiger partial charge in [-0.2, -0.15) is 4.31 Å². The molecular weight excluding hydrogens is 340 g/mol. The number of nitrogens with zero attached hydrogens (tertiary/aromatic N) is 2. The van der Waals surface area contributed by atoms with E-state index in [9.17, 15) is 13.2 Å². The molecule has 0 aromatic heterocycles. The fourth-order valence-corrected chi connectivity index (χ4v) is 3.64. The molecule has 0 spiro atoms. The number of sulfonamides is 1. The van der Waals surface area contributed by atoms with Crippen LogP contribution < -0.4 is 10.6 Å². The van der Waals surface area contributed by atoms with Gasteiger partial charge in [0.1, 0.15) is 0 Å². The molecule has 8 heteroatoms. The predicted molar refractivity (Wildman–Crippen MR) is 99.0 cm³/mol. The van der Waals surface area contributed by atoms with Crippen LogP contribution in [0.4, 0.5) is 4.79 Å². The lowest BCUT2D eigenvalue weighted by atomic mass is 10.1. The van der Waals surface area contributed by atoms with Crippen LogP contribution in [-0.4, -0.2) is 75.7 Å². The Hall–Kier alpha value is -1.64. The third-order valence-corrected chi connectivity index (χ3v) is 5.59. The zero-order valence-corrected chi connectivity index (χ0v) is 15.6. The van der Waals surface area contributed by atoms with E-state index in [2.05, 4.69) is 27.7 Å². The Kier molecular flexibility index (Phi) is 7.67. The summed E-state index contributed by atoms with van der Waals surface area (Å²) in [5.41, 5.74) is 1.28. The number of aryl methyl sites for hydroxylation is 1. The van der Waals surface area contributed by atoms with Gasteiger partial charge in [0.2, 0.25) is 10.0 Å². The molecule has 7 nitrogen and oxygen atoms in total. The van der Waals surface area contributed by atoms with Crippen LogP contribution in [0.25, 0.3) is 0 Å². The van der Waals surface area contributed by atoms with Gasteiger partial charge in [0.15, 0.2) is 0 Å². The Bertz CT molecular complexity index is 629. The highest BCUT2D eigenvalue weighted by atomic mass is 32.2. The molecule has 0 radical (unpaired) electrons. The summed E-state index contributed by atoms with van der Waals surface area (Å²) in [5, 5.41) is 5.71. The Labute approximate surface area is 150 Å². The van der Waals surface area contributed by atoms with Gasteiger partial charge in [-0.1, -0.05) is 30.3 Å². The van der Waals surface area contributed by atoms with E-state index in [0.717, 1.165) is 19.4 Å². The van der Waals surface area contributed by atoms with Crippen molar-refractivity contribution in [3.05, 3.63) is 35.9 Å². The summed E-state index contributed by atoms with van der Waals surface area (Å²) < 4.78 is 24.4. The van der Waals surface area contributed by atoms with Gasteiger partial charge in [0, 0.05) is 45.8 Å². The fraction of sp³-hybridized carbons (Fsp3) is 0.588. The first kappa shape index (κ1) is 19.7. The van der Waals surface area contributed by atoms with Crippen LogP contribution in [0.5, 0.6) is 0 Å². The summed E-state index contributed by atoms with van der Waals surface area (Å²) >= 11 is 0. The van der Waals surface area contributed by atoms with Crippen molar-refractivity contribution in [3.8, 4) is 0 Å². The van der Waals surface area contributed by atoms with Gasteiger partial charge in [0.25, 0.3) is 0 Å². The standard InChI is InChI=1S/C17H28N4O3S/c1-25(23,24)21-14-12-20(13-15-21)11-10-19-17(22)18-9-5-8-16-6-3-2-4-7-16/h2-4,6-7H,5,8-15H2,1H3,(H2,18,19,22). The molecule has 0 saturated carbocycles. The number of urea groups is 1. The van der Waals surface area contributed by atoms with Crippen LogP contribution in [0.3, 0.4) is 0 Å². The predicted octanol–water partition coefficient (Wildman–Crippen LogP) is 0.496. The maximum atomic E-state index is 11.8. The van der Waals surface area contributed by atoms with Crippen LogP contribution in [-0.2, 0) is 16.4 Å². The first-order chi connectivity index (χ1) is 11.9. The van der Waals surface area contributed by atoms with Gasteiger partial charge in [-0.25, -0.2) is 13.2 Å². The molecule has 1 saturated heterocycles. The Balaban J connectivity index is 1.51. The average Bonchev–Trinajstić information content (AvgIpc) is 2.59. The highest BCUT2D eigenvalue weighted by molar-refractivity contribution is 7.88. The van der Waals surface area contributed by atoms with Gasteiger partial charge >= 0.3 is 6.03 Å². The molecule has 140 valence electrons. The van der Waals surface area contributed by atoms with Crippen molar-refractivity contribution in [2.24, 2.45) is 0 Å². The maximum absolute atomic E-state index is 11.8. The molecule has 1 aliphatic rings. The summed E-state index contributed by atoms with van der Waals surface area (Å²) in [6, 6.07) is 10.1. The molecular formula is C17H28N4O3S. The van der Waals surface area contributed by atoms with Gasteiger partial charge in [-0.15, -0.1) is 0 Å². The first-order valence-corrected chi connectivity index (χ1v) is 10.5. The highest BCUT2D eigenvalue weighted by Gasteiger charge is 2.22. The van der Waals surface area contributed by atoms with Crippen LogP contribution in [0.1, 0.15) is 12.0 Å². The molecule has 0 bridgehead atoms. The number of hydrogen-bond acceptors (Lipinski definition) is 4. The number of hydrogen-bond donors (Lipinski definition) is 2. The minimum atomic E-state index is -3.09. The number of rotatable bonds is 8. The monoisotopic (exact) mass is 368 g/mol.